The zero-order valence-electron chi connectivity index (χ0n) is 25.6. The summed E-state index contributed by atoms with van der Waals surface area (Å²) in [7, 11) is 0.229. The number of hydrogen-bond acceptors (Lipinski definition) is 8. The number of benzene rings is 1. The number of alkyl carbamates (subject to hydrolysis) is 1. The van der Waals surface area contributed by atoms with E-state index in [2.05, 4.69) is 35.9 Å². The summed E-state index contributed by atoms with van der Waals surface area (Å²) in [5, 5.41) is 4.46. The molecule has 232 valence electrons. The molecule has 12 heteroatoms. The maximum atomic E-state index is 13.1. The molecule has 2 aromatic rings. The molecule has 42 heavy (non-hydrogen) atoms. The third-order valence-electron chi connectivity index (χ3n) is 7.03. The number of amides is 3. The van der Waals surface area contributed by atoms with Gasteiger partial charge in [0.05, 0.1) is 13.2 Å². The van der Waals surface area contributed by atoms with Gasteiger partial charge in [-0.15, -0.1) is 11.3 Å². The summed E-state index contributed by atoms with van der Waals surface area (Å²) >= 11 is 1.60. The van der Waals surface area contributed by atoms with E-state index in [9.17, 15) is 14.4 Å². The maximum absolute atomic E-state index is 13.1. The lowest BCUT2D eigenvalue weighted by molar-refractivity contribution is -0.131. The molecule has 1 atom stereocenters. The van der Waals surface area contributed by atoms with Crippen molar-refractivity contribution < 1.29 is 28.6 Å². The van der Waals surface area contributed by atoms with Gasteiger partial charge in [0.25, 0.3) is 0 Å². The second-order valence-electron chi connectivity index (χ2n) is 11.5. The Morgan fingerprint density at radius 3 is 2.55 bits per heavy atom. The highest BCUT2D eigenvalue weighted by atomic mass is 32.1. The SMILES string of the molecule is CCN(CC(=O)N1CCCN(c2cccc(OC(CCOC(=O)NC)c3cccs3)c2)CC1)C(=O)OCC[Si](C)(C)C. The zero-order chi connectivity index (χ0) is 30.5. The van der Waals surface area contributed by atoms with Crippen LogP contribution in [0, 0.1) is 0 Å². The van der Waals surface area contributed by atoms with Crippen LogP contribution in [0.15, 0.2) is 41.8 Å². The Kier molecular flexibility index (Phi) is 13.0. The molecule has 10 nitrogen and oxygen atoms in total. The minimum Gasteiger partial charge on any atom is -0.485 e. The Labute approximate surface area is 254 Å². The van der Waals surface area contributed by atoms with Crippen LogP contribution in [0.3, 0.4) is 0 Å². The molecular formula is C30H46N4O6SSi. The van der Waals surface area contributed by atoms with Crippen molar-refractivity contribution in [1.29, 1.82) is 0 Å². The van der Waals surface area contributed by atoms with Crippen molar-refractivity contribution in [2.75, 3.05) is 64.4 Å². The summed E-state index contributed by atoms with van der Waals surface area (Å²) in [6, 6.07) is 12.9. The van der Waals surface area contributed by atoms with Gasteiger partial charge >= 0.3 is 12.2 Å². The van der Waals surface area contributed by atoms with Crippen molar-refractivity contribution in [3.8, 4) is 5.75 Å². The molecule has 0 bridgehead atoms. The number of rotatable bonds is 13. The first-order valence-electron chi connectivity index (χ1n) is 14.7. The van der Waals surface area contributed by atoms with Crippen LogP contribution in [0.1, 0.15) is 30.7 Å². The quantitative estimate of drug-likeness (QED) is 0.298. The number of nitrogens with one attached hydrogen (secondary N) is 1. The van der Waals surface area contributed by atoms with Gasteiger partial charge in [0, 0.05) is 70.9 Å². The number of hydrogen-bond donors (Lipinski definition) is 1. The van der Waals surface area contributed by atoms with E-state index in [0.29, 0.717) is 39.2 Å². The normalized spacial score (nSPS) is 14.5. The molecule has 0 spiro atoms. The molecule has 1 saturated heterocycles. The predicted molar refractivity (Wildman–Crippen MR) is 169 cm³/mol. The van der Waals surface area contributed by atoms with Crippen LogP contribution < -0.4 is 15.0 Å². The number of carbonyl (C=O) groups is 3. The van der Waals surface area contributed by atoms with Crippen molar-refractivity contribution in [2.45, 2.75) is 51.6 Å². The Morgan fingerprint density at radius 2 is 1.86 bits per heavy atom. The molecule has 0 saturated carbocycles. The highest BCUT2D eigenvalue weighted by molar-refractivity contribution is 7.10. The average molecular weight is 619 g/mol. The van der Waals surface area contributed by atoms with Gasteiger partial charge in [0.15, 0.2) is 0 Å². The fourth-order valence-corrected chi connectivity index (χ4v) is 6.02. The Balaban J connectivity index is 1.56. The number of anilines is 1. The fraction of sp³-hybridized carbons (Fsp3) is 0.567. The van der Waals surface area contributed by atoms with Gasteiger partial charge < -0.3 is 29.3 Å². The molecule has 1 aliphatic rings. The van der Waals surface area contributed by atoms with E-state index >= 15 is 0 Å². The standard InChI is InChI=1S/C30H46N4O6SSi/c1-6-32(30(37)39-19-21-42(3,4)5)23-28(35)34-15-9-14-33(16-17-34)24-10-7-11-25(22-24)40-26(27-12-8-20-41-27)13-18-38-29(36)31-2/h7-8,10-12,20,22,26H,6,9,13-19,21,23H2,1-5H3,(H,31,36). The van der Waals surface area contributed by atoms with Gasteiger partial charge in [-0.1, -0.05) is 31.8 Å². The van der Waals surface area contributed by atoms with Gasteiger partial charge in [0.2, 0.25) is 5.91 Å². The number of likely N-dealkylation sites (N-methyl/N-ethyl adjacent to an activating group) is 1. The molecule has 2 heterocycles. The molecular weight excluding hydrogens is 573 g/mol. The largest absolute Gasteiger partial charge is 0.485 e. The lowest BCUT2D eigenvalue weighted by Crippen LogP contribution is -2.44. The molecule has 1 aromatic carbocycles. The van der Waals surface area contributed by atoms with Gasteiger partial charge in [0.1, 0.15) is 18.4 Å². The van der Waals surface area contributed by atoms with Crippen LogP contribution in [-0.4, -0.2) is 95.5 Å². The smallest absolute Gasteiger partial charge is 0.410 e. The topological polar surface area (TPSA) is 101 Å². The van der Waals surface area contributed by atoms with E-state index < -0.39 is 20.3 Å². The molecule has 1 unspecified atom stereocenters. The third kappa shape index (κ3) is 10.9. The second kappa shape index (κ2) is 16.4. The first-order chi connectivity index (χ1) is 20.1. The summed E-state index contributed by atoms with van der Waals surface area (Å²) < 4.78 is 17.0. The van der Waals surface area contributed by atoms with Gasteiger partial charge in [-0.2, -0.15) is 0 Å². The van der Waals surface area contributed by atoms with Crippen LogP contribution in [0.25, 0.3) is 0 Å². The molecule has 1 fully saturated rings. The summed E-state index contributed by atoms with van der Waals surface area (Å²) in [5.74, 6) is 0.671. The molecule has 1 aromatic heterocycles. The van der Waals surface area contributed by atoms with Crippen LogP contribution in [0.5, 0.6) is 5.75 Å². The minimum absolute atomic E-state index is 0.0271. The van der Waals surface area contributed by atoms with Crippen LogP contribution in [-0.2, 0) is 14.3 Å². The van der Waals surface area contributed by atoms with Crippen LogP contribution >= 0.6 is 11.3 Å². The summed E-state index contributed by atoms with van der Waals surface area (Å²) in [6.07, 6.45) is 0.220. The van der Waals surface area contributed by atoms with E-state index in [0.717, 1.165) is 35.3 Å². The minimum atomic E-state index is -1.30. The third-order valence-corrected chi connectivity index (χ3v) is 9.70. The maximum Gasteiger partial charge on any atom is 0.410 e. The second-order valence-corrected chi connectivity index (χ2v) is 18.1. The number of carbonyl (C=O) groups excluding carboxylic acids is 3. The lowest BCUT2D eigenvalue weighted by Gasteiger charge is -2.27. The van der Waals surface area contributed by atoms with E-state index in [1.54, 1.807) is 11.3 Å². The zero-order valence-corrected chi connectivity index (χ0v) is 27.4. The van der Waals surface area contributed by atoms with Crippen molar-refractivity contribution in [3.05, 3.63) is 46.7 Å². The van der Waals surface area contributed by atoms with Gasteiger partial charge in [-0.25, -0.2) is 9.59 Å². The number of nitrogens with zero attached hydrogens (tertiary/aromatic N) is 3. The molecule has 3 rings (SSSR count). The Bertz CT molecular complexity index is 1140. The van der Waals surface area contributed by atoms with Crippen molar-refractivity contribution >= 4 is 43.2 Å². The van der Waals surface area contributed by atoms with Crippen LogP contribution in [0.2, 0.25) is 25.7 Å². The Hall–Kier alpha value is -3.25. The van der Waals surface area contributed by atoms with Crippen molar-refractivity contribution in [1.82, 2.24) is 15.1 Å². The number of ether oxygens (including phenoxy) is 3. The molecule has 0 aliphatic carbocycles. The molecule has 1 N–H and O–H groups in total. The first kappa shape index (κ1) is 33.3. The summed E-state index contributed by atoms with van der Waals surface area (Å²) in [6.45, 7) is 12.4. The highest BCUT2D eigenvalue weighted by Gasteiger charge is 2.25. The molecule has 3 amide bonds. The van der Waals surface area contributed by atoms with E-state index in [1.807, 2.05) is 47.5 Å². The molecule has 1 aliphatic heterocycles. The first-order valence-corrected chi connectivity index (χ1v) is 19.3. The van der Waals surface area contributed by atoms with Crippen molar-refractivity contribution in [2.24, 2.45) is 0 Å². The summed E-state index contributed by atoms with van der Waals surface area (Å²) in [5.41, 5.74) is 1.02. The highest BCUT2D eigenvalue weighted by Crippen LogP contribution is 2.30. The Morgan fingerprint density at radius 1 is 1.05 bits per heavy atom. The van der Waals surface area contributed by atoms with Gasteiger partial charge in [-0.3, -0.25) is 9.69 Å². The van der Waals surface area contributed by atoms with Crippen molar-refractivity contribution in [3.63, 3.8) is 0 Å². The average Bonchev–Trinajstić information content (AvgIpc) is 3.38. The van der Waals surface area contributed by atoms with Gasteiger partial charge in [-0.05, 0) is 43.0 Å². The predicted octanol–water partition coefficient (Wildman–Crippen LogP) is 5.45. The van der Waals surface area contributed by atoms with Crippen LogP contribution in [0.4, 0.5) is 15.3 Å². The van der Waals surface area contributed by atoms with E-state index in [4.69, 9.17) is 14.2 Å². The molecule has 0 radical (unpaired) electrons. The van der Waals surface area contributed by atoms with E-state index in [1.165, 1.54) is 11.9 Å². The number of thiophene rings is 1. The van der Waals surface area contributed by atoms with E-state index in [-0.39, 0.29) is 25.2 Å². The lowest BCUT2D eigenvalue weighted by atomic mass is 10.2. The fourth-order valence-electron chi connectivity index (χ4n) is 4.51. The monoisotopic (exact) mass is 618 g/mol. The summed E-state index contributed by atoms with van der Waals surface area (Å²) in [4.78, 5) is 43.9.